The van der Waals surface area contributed by atoms with Crippen LogP contribution in [0.25, 0.3) is 10.6 Å². The summed E-state index contributed by atoms with van der Waals surface area (Å²) >= 11 is 1.59. The first-order valence-corrected chi connectivity index (χ1v) is 11.1. The fourth-order valence-corrected chi connectivity index (χ4v) is 4.57. The van der Waals surface area contributed by atoms with Crippen LogP contribution in [-0.2, 0) is 22.5 Å². The molecule has 3 aromatic rings. The molecular weight excluding hydrogens is 394 g/mol. The maximum atomic E-state index is 12.5. The Morgan fingerprint density at radius 1 is 1.13 bits per heavy atom. The number of amides is 1. The van der Waals surface area contributed by atoms with Crippen LogP contribution in [0.1, 0.15) is 22.4 Å². The molecule has 1 saturated heterocycles. The number of ether oxygens (including phenoxy) is 1. The van der Waals surface area contributed by atoms with E-state index < -0.39 is 0 Å². The van der Waals surface area contributed by atoms with Crippen LogP contribution >= 0.6 is 11.3 Å². The Hall–Kier alpha value is -2.54. The number of carbonyl (C=O) groups excluding carboxylic acids is 1. The van der Waals surface area contributed by atoms with Crippen LogP contribution in [-0.4, -0.2) is 42.1 Å². The number of carbonyl (C=O) groups is 1. The first-order valence-electron chi connectivity index (χ1n) is 10.3. The van der Waals surface area contributed by atoms with E-state index in [1.54, 1.807) is 11.3 Å². The molecule has 1 fully saturated rings. The molecule has 2 aromatic carbocycles. The van der Waals surface area contributed by atoms with Crippen LogP contribution < -0.4 is 5.32 Å². The number of morpholine rings is 1. The maximum absolute atomic E-state index is 12.5. The third-order valence-electron chi connectivity index (χ3n) is 5.08. The van der Waals surface area contributed by atoms with Gasteiger partial charge in [-0.3, -0.25) is 9.69 Å². The number of hydrogen-bond acceptors (Lipinski definition) is 5. The van der Waals surface area contributed by atoms with Crippen LogP contribution in [0.5, 0.6) is 0 Å². The van der Waals surface area contributed by atoms with E-state index in [-0.39, 0.29) is 12.3 Å². The molecule has 0 spiro atoms. The second kappa shape index (κ2) is 9.51. The van der Waals surface area contributed by atoms with Crippen molar-refractivity contribution in [3.05, 3.63) is 70.2 Å². The van der Waals surface area contributed by atoms with E-state index in [1.807, 2.05) is 31.4 Å². The van der Waals surface area contributed by atoms with Gasteiger partial charge in [-0.25, -0.2) is 4.98 Å². The van der Waals surface area contributed by atoms with Crippen LogP contribution in [0.4, 0.5) is 5.69 Å². The number of anilines is 1. The van der Waals surface area contributed by atoms with E-state index in [0.717, 1.165) is 65.9 Å². The number of nitrogens with zero attached hydrogens (tertiary/aromatic N) is 2. The van der Waals surface area contributed by atoms with Gasteiger partial charge in [-0.05, 0) is 48.7 Å². The number of hydrogen-bond donors (Lipinski definition) is 1. The lowest BCUT2D eigenvalue weighted by Gasteiger charge is -2.26. The number of aryl methyl sites for hydroxylation is 2. The molecule has 0 saturated carbocycles. The first kappa shape index (κ1) is 20.7. The zero-order valence-corrected chi connectivity index (χ0v) is 18.3. The van der Waals surface area contributed by atoms with E-state index in [1.165, 1.54) is 5.56 Å². The summed E-state index contributed by atoms with van der Waals surface area (Å²) in [4.78, 5) is 19.6. The fraction of sp³-hybridized carbons (Fsp3) is 0.333. The molecule has 0 aliphatic carbocycles. The predicted molar refractivity (Wildman–Crippen MR) is 122 cm³/mol. The van der Waals surface area contributed by atoms with Crippen LogP contribution in [0.2, 0.25) is 0 Å². The van der Waals surface area contributed by atoms with Gasteiger partial charge in [-0.15, -0.1) is 11.3 Å². The summed E-state index contributed by atoms with van der Waals surface area (Å²) in [5.41, 5.74) is 6.29. The maximum Gasteiger partial charge on any atom is 0.230 e. The zero-order valence-electron chi connectivity index (χ0n) is 17.5. The molecule has 0 bridgehead atoms. The van der Waals surface area contributed by atoms with E-state index in [0.29, 0.717) is 0 Å². The van der Waals surface area contributed by atoms with Gasteiger partial charge >= 0.3 is 0 Å². The smallest absolute Gasteiger partial charge is 0.230 e. The van der Waals surface area contributed by atoms with Crippen molar-refractivity contribution in [2.45, 2.75) is 26.8 Å². The Labute approximate surface area is 181 Å². The normalized spacial score (nSPS) is 14.6. The highest BCUT2D eigenvalue weighted by Gasteiger charge is 2.13. The standard InChI is InChI=1S/C24H27N3O2S/c1-17-10-18(2)12-21(11-17)25-23(28)14-22-16-30-24(26-22)20-5-3-4-19(13-20)15-27-6-8-29-9-7-27/h3-5,10-13,16H,6-9,14-15H2,1-2H3,(H,25,28). The Balaban J connectivity index is 1.39. The lowest BCUT2D eigenvalue weighted by atomic mass is 10.1. The monoisotopic (exact) mass is 421 g/mol. The Kier molecular flexibility index (Phi) is 6.57. The van der Waals surface area contributed by atoms with Crippen LogP contribution in [0.3, 0.4) is 0 Å². The van der Waals surface area contributed by atoms with Crippen molar-refractivity contribution in [3.63, 3.8) is 0 Å². The summed E-state index contributed by atoms with van der Waals surface area (Å²) < 4.78 is 5.43. The van der Waals surface area contributed by atoms with Gasteiger partial charge in [-0.2, -0.15) is 0 Å². The van der Waals surface area contributed by atoms with Crippen LogP contribution in [0.15, 0.2) is 47.8 Å². The lowest BCUT2D eigenvalue weighted by Crippen LogP contribution is -2.35. The minimum absolute atomic E-state index is 0.0436. The third-order valence-corrected chi connectivity index (χ3v) is 6.02. The molecule has 0 unspecified atom stereocenters. The molecule has 1 amide bonds. The van der Waals surface area contributed by atoms with Gasteiger partial charge in [0.1, 0.15) is 5.01 Å². The minimum Gasteiger partial charge on any atom is -0.379 e. The average Bonchev–Trinajstić information content (AvgIpc) is 3.16. The number of rotatable bonds is 6. The number of aromatic nitrogens is 1. The molecule has 1 aromatic heterocycles. The lowest BCUT2D eigenvalue weighted by molar-refractivity contribution is -0.115. The molecule has 156 valence electrons. The number of nitrogens with one attached hydrogen (secondary N) is 1. The van der Waals surface area contributed by atoms with E-state index in [9.17, 15) is 4.79 Å². The quantitative estimate of drug-likeness (QED) is 0.639. The highest BCUT2D eigenvalue weighted by molar-refractivity contribution is 7.13. The molecular formula is C24H27N3O2S. The highest BCUT2D eigenvalue weighted by Crippen LogP contribution is 2.25. The Morgan fingerprint density at radius 2 is 1.90 bits per heavy atom. The fourth-order valence-electron chi connectivity index (χ4n) is 3.76. The average molecular weight is 422 g/mol. The van der Waals surface area contributed by atoms with Gasteiger partial charge in [0.15, 0.2) is 0 Å². The molecule has 5 nitrogen and oxygen atoms in total. The molecule has 30 heavy (non-hydrogen) atoms. The van der Waals surface area contributed by atoms with Crippen LogP contribution in [0, 0.1) is 13.8 Å². The summed E-state index contributed by atoms with van der Waals surface area (Å²) in [5.74, 6) is -0.0436. The Morgan fingerprint density at radius 3 is 2.67 bits per heavy atom. The zero-order chi connectivity index (χ0) is 20.9. The second-order valence-corrected chi connectivity index (χ2v) is 8.69. The largest absolute Gasteiger partial charge is 0.379 e. The molecule has 6 heteroatoms. The third kappa shape index (κ3) is 5.53. The highest BCUT2D eigenvalue weighted by atomic mass is 32.1. The van der Waals surface area contributed by atoms with Crippen molar-refractivity contribution in [2.75, 3.05) is 31.6 Å². The number of benzene rings is 2. The molecule has 1 aliphatic heterocycles. The SMILES string of the molecule is Cc1cc(C)cc(NC(=O)Cc2csc(-c3cccc(CN4CCOCC4)c3)n2)c1. The molecule has 0 atom stereocenters. The van der Waals surface area contributed by atoms with Crippen molar-refractivity contribution in [1.82, 2.24) is 9.88 Å². The van der Waals surface area contributed by atoms with Crippen molar-refractivity contribution in [3.8, 4) is 10.6 Å². The van der Waals surface area contributed by atoms with Gasteiger partial charge in [0.05, 0.1) is 25.3 Å². The molecule has 4 rings (SSSR count). The van der Waals surface area contributed by atoms with Gasteiger partial charge in [-0.1, -0.05) is 24.3 Å². The van der Waals surface area contributed by atoms with E-state index >= 15 is 0 Å². The first-order chi connectivity index (χ1) is 14.5. The second-order valence-electron chi connectivity index (χ2n) is 7.83. The van der Waals surface area contributed by atoms with Gasteiger partial charge in [0.25, 0.3) is 0 Å². The predicted octanol–water partition coefficient (Wildman–Crippen LogP) is 4.44. The topological polar surface area (TPSA) is 54.5 Å². The summed E-state index contributed by atoms with van der Waals surface area (Å²) in [5, 5.41) is 5.91. The van der Waals surface area contributed by atoms with Crippen molar-refractivity contribution in [2.24, 2.45) is 0 Å². The molecule has 1 aliphatic rings. The summed E-state index contributed by atoms with van der Waals surface area (Å²) in [6, 6.07) is 14.6. The summed E-state index contributed by atoms with van der Waals surface area (Å²) in [6.07, 6.45) is 0.275. The summed E-state index contributed by atoms with van der Waals surface area (Å²) in [6.45, 7) is 8.54. The van der Waals surface area contributed by atoms with Gasteiger partial charge in [0, 0.05) is 36.3 Å². The van der Waals surface area contributed by atoms with Gasteiger partial charge in [0.2, 0.25) is 5.91 Å². The number of thiazole rings is 1. The van der Waals surface area contributed by atoms with Crippen molar-refractivity contribution < 1.29 is 9.53 Å². The minimum atomic E-state index is -0.0436. The molecule has 2 heterocycles. The Bertz CT molecular complexity index is 1000. The van der Waals surface area contributed by atoms with Crippen molar-refractivity contribution >= 4 is 22.9 Å². The summed E-state index contributed by atoms with van der Waals surface area (Å²) in [7, 11) is 0. The molecule has 0 radical (unpaired) electrons. The van der Waals surface area contributed by atoms with E-state index in [4.69, 9.17) is 9.72 Å². The molecule has 1 N–H and O–H groups in total. The van der Waals surface area contributed by atoms with Crippen molar-refractivity contribution in [1.29, 1.82) is 0 Å². The van der Waals surface area contributed by atoms with E-state index in [2.05, 4.69) is 40.5 Å². The van der Waals surface area contributed by atoms with Gasteiger partial charge < -0.3 is 10.1 Å².